The fraction of sp³-hybridized carbons (Fsp3) is 0.650. The van der Waals surface area contributed by atoms with Crippen LogP contribution in [-0.2, 0) is 14.3 Å². The number of carbonyl (C=O) groups excluding carboxylic acids is 1. The number of carbonyl (C=O) groups is 1. The molecule has 0 aromatic heterocycles. The van der Waals surface area contributed by atoms with Gasteiger partial charge in [0.05, 0.1) is 12.6 Å². The summed E-state index contributed by atoms with van der Waals surface area (Å²) in [6.07, 6.45) is 5.99. The number of oxime groups is 1. The van der Waals surface area contributed by atoms with Crippen molar-refractivity contribution >= 4 is 28.4 Å². The van der Waals surface area contributed by atoms with Crippen LogP contribution in [0.2, 0.25) is 0 Å². The number of ether oxygens (including phenoxy) is 2. The monoisotopic (exact) mass is 423 g/mol. The van der Waals surface area contributed by atoms with Crippen molar-refractivity contribution in [2.24, 2.45) is 16.1 Å². The molecule has 1 aliphatic carbocycles. The van der Waals surface area contributed by atoms with Crippen molar-refractivity contribution < 1.29 is 24.6 Å². The molecule has 9 heteroatoms. The minimum absolute atomic E-state index is 0.238. The van der Waals surface area contributed by atoms with Gasteiger partial charge >= 0.3 is 0 Å². The number of aliphatic imine (C=N–C) groups is 1. The molecule has 1 unspecified atom stereocenters. The Labute approximate surface area is 175 Å². The van der Waals surface area contributed by atoms with Crippen LogP contribution in [0.5, 0.6) is 0 Å². The molecule has 0 bridgehead atoms. The van der Waals surface area contributed by atoms with Gasteiger partial charge in [-0.05, 0) is 39.0 Å². The predicted octanol–water partition coefficient (Wildman–Crippen LogP) is 2.57. The number of allylic oxidation sites excluding steroid dienone is 1. The van der Waals surface area contributed by atoms with Crippen LogP contribution in [0.15, 0.2) is 33.8 Å². The van der Waals surface area contributed by atoms with Crippen molar-refractivity contribution in [3.63, 3.8) is 0 Å². The van der Waals surface area contributed by atoms with Gasteiger partial charge in [0, 0.05) is 17.9 Å². The molecule has 3 rings (SSSR count). The predicted molar refractivity (Wildman–Crippen MR) is 112 cm³/mol. The number of rotatable bonds is 9. The van der Waals surface area contributed by atoms with Crippen molar-refractivity contribution in [3.8, 4) is 0 Å². The lowest BCUT2D eigenvalue weighted by Crippen LogP contribution is -2.49. The molecule has 3 aliphatic rings. The van der Waals surface area contributed by atoms with Crippen molar-refractivity contribution in [3.05, 3.63) is 23.7 Å². The SMILES string of the molecule is CCC[C@@H](NC(=O)[C@@]1(C)CSC(/C(C)=N/O)=N1)C1=CC(OCC2CC2)=CC(O)O1. The van der Waals surface area contributed by atoms with Gasteiger partial charge in [-0.3, -0.25) is 9.79 Å². The first-order chi connectivity index (χ1) is 13.8. The van der Waals surface area contributed by atoms with E-state index >= 15 is 0 Å². The summed E-state index contributed by atoms with van der Waals surface area (Å²) in [7, 11) is 0. The Hall–Kier alpha value is -2.00. The van der Waals surface area contributed by atoms with E-state index in [1.165, 1.54) is 30.7 Å². The zero-order valence-electron chi connectivity index (χ0n) is 17.1. The lowest BCUT2D eigenvalue weighted by Gasteiger charge is -2.29. The third-order valence-electron chi connectivity index (χ3n) is 5.04. The van der Waals surface area contributed by atoms with Gasteiger partial charge in [0.2, 0.25) is 12.2 Å². The van der Waals surface area contributed by atoms with E-state index in [1.54, 1.807) is 19.9 Å². The third kappa shape index (κ3) is 5.54. The highest BCUT2D eigenvalue weighted by molar-refractivity contribution is 8.16. The lowest BCUT2D eigenvalue weighted by molar-refractivity contribution is -0.126. The van der Waals surface area contributed by atoms with Gasteiger partial charge in [-0.15, -0.1) is 11.8 Å². The molecular weight excluding hydrogens is 394 g/mol. The van der Waals surface area contributed by atoms with E-state index in [4.69, 9.17) is 14.7 Å². The molecule has 3 N–H and O–H groups in total. The molecule has 3 atom stereocenters. The fourth-order valence-corrected chi connectivity index (χ4v) is 4.17. The second kappa shape index (κ2) is 9.21. The van der Waals surface area contributed by atoms with Gasteiger partial charge in [0.25, 0.3) is 0 Å². The van der Waals surface area contributed by atoms with Gasteiger partial charge < -0.3 is 25.1 Å². The summed E-state index contributed by atoms with van der Waals surface area (Å²) in [5.74, 6) is 1.86. The van der Waals surface area contributed by atoms with Crippen molar-refractivity contribution in [2.45, 2.75) is 64.3 Å². The van der Waals surface area contributed by atoms with E-state index in [-0.39, 0.29) is 5.91 Å². The smallest absolute Gasteiger partial charge is 0.249 e. The molecule has 0 aromatic rings. The van der Waals surface area contributed by atoms with Gasteiger partial charge in [-0.25, -0.2) is 0 Å². The summed E-state index contributed by atoms with van der Waals surface area (Å²) in [4.78, 5) is 17.5. The Morgan fingerprint density at radius 3 is 2.97 bits per heavy atom. The zero-order chi connectivity index (χ0) is 21.0. The topological polar surface area (TPSA) is 113 Å². The van der Waals surface area contributed by atoms with Crippen molar-refractivity contribution in [1.29, 1.82) is 0 Å². The zero-order valence-corrected chi connectivity index (χ0v) is 17.9. The first-order valence-corrected chi connectivity index (χ1v) is 11.0. The van der Waals surface area contributed by atoms with Crippen LogP contribution in [0.3, 0.4) is 0 Å². The number of thioether (sulfide) groups is 1. The first kappa shape index (κ1) is 21.7. The number of hydrogen-bond acceptors (Lipinski definition) is 8. The summed E-state index contributed by atoms with van der Waals surface area (Å²) < 4.78 is 11.4. The molecule has 1 saturated carbocycles. The first-order valence-electron chi connectivity index (χ1n) is 9.98. The molecule has 1 amide bonds. The quantitative estimate of drug-likeness (QED) is 0.298. The highest BCUT2D eigenvalue weighted by atomic mass is 32.2. The summed E-state index contributed by atoms with van der Waals surface area (Å²) in [6.45, 7) is 6.05. The van der Waals surface area contributed by atoms with Gasteiger partial charge in [-0.2, -0.15) is 0 Å². The maximum atomic E-state index is 13.0. The Kier molecular flexibility index (Phi) is 6.89. The van der Waals surface area contributed by atoms with Crippen LogP contribution in [0.25, 0.3) is 0 Å². The highest BCUT2D eigenvalue weighted by Gasteiger charge is 2.40. The number of nitrogens with zero attached hydrogens (tertiary/aromatic N) is 2. The largest absolute Gasteiger partial charge is 0.493 e. The molecule has 8 nitrogen and oxygen atoms in total. The van der Waals surface area contributed by atoms with Crippen LogP contribution in [0.1, 0.15) is 46.5 Å². The van der Waals surface area contributed by atoms with Gasteiger partial charge in [-0.1, -0.05) is 18.5 Å². The second-order valence-corrected chi connectivity index (χ2v) is 8.82. The minimum Gasteiger partial charge on any atom is -0.493 e. The fourth-order valence-electron chi connectivity index (χ4n) is 3.04. The van der Waals surface area contributed by atoms with Crippen LogP contribution in [0, 0.1) is 5.92 Å². The normalized spacial score (nSPS) is 28.1. The Balaban J connectivity index is 1.71. The van der Waals surface area contributed by atoms with Crippen LogP contribution < -0.4 is 5.32 Å². The third-order valence-corrected chi connectivity index (χ3v) is 6.41. The van der Waals surface area contributed by atoms with Crippen LogP contribution in [-0.4, -0.2) is 57.2 Å². The van der Waals surface area contributed by atoms with Gasteiger partial charge in [0.15, 0.2) is 0 Å². The average Bonchev–Trinajstić information content (AvgIpc) is 3.44. The molecule has 0 saturated heterocycles. The van der Waals surface area contributed by atoms with Crippen LogP contribution in [0.4, 0.5) is 0 Å². The Morgan fingerprint density at radius 1 is 1.55 bits per heavy atom. The molecule has 1 fully saturated rings. The standard InChI is InChI=1S/C20H29N3O5S/c1-4-5-15(16-8-14(9-17(24)28-16)27-10-13-6-7-13)21-19(25)20(3)11-29-18(22-20)12(2)23-26/h8-9,13,15,17,24,26H,4-7,10-11H2,1-3H3,(H,21,25)/b23-12+/t15-,17?,20-/m1/s1. The van der Waals surface area contributed by atoms with E-state index in [9.17, 15) is 9.90 Å². The minimum atomic E-state index is -1.11. The number of aliphatic hydroxyl groups excluding tert-OH is 1. The van der Waals surface area contributed by atoms with E-state index in [2.05, 4.69) is 15.5 Å². The molecular formula is C20H29N3O5S. The van der Waals surface area contributed by atoms with Gasteiger partial charge in [0.1, 0.15) is 27.8 Å². The average molecular weight is 424 g/mol. The highest BCUT2D eigenvalue weighted by Crippen LogP contribution is 2.31. The lowest BCUT2D eigenvalue weighted by atomic mass is 10.0. The number of nitrogens with one attached hydrogen (secondary N) is 1. The molecule has 160 valence electrons. The molecule has 0 spiro atoms. The summed E-state index contributed by atoms with van der Waals surface area (Å²) in [5, 5.41) is 25.8. The molecule has 29 heavy (non-hydrogen) atoms. The summed E-state index contributed by atoms with van der Waals surface area (Å²) >= 11 is 1.39. The summed E-state index contributed by atoms with van der Waals surface area (Å²) in [5.41, 5.74) is -0.576. The van der Waals surface area contributed by atoms with E-state index < -0.39 is 17.9 Å². The molecule has 0 aromatic carbocycles. The molecule has 0 radical (unpaired) electrons. The van der Waals surface area contributed by atoms with Crippen molar-refractivity contribution in [2.75, 3.05) is 12.4 Å². The molecule has 2 aliphatic heterocycles. The van der Waals surface area contributed by atoms with E-state index in [1.807, 2.05) is 6.92 Å². The number of aliphatic hydroxyl groups is 1. The maximum Gasteiger partial charge on any atom is 0.249 e. The molecule has 2 heterocycles. The Bertz CT molecular complexity index is 759. The van der Waals surface area contributed by atoms with E-state index in [0.29, 0.717) is 47.0 Å². The van der Waals surface area contributed by atoms with E-state index in [0.717, 1.165) is 6.42 Å². The number of hydrogen-bond donors (Lipinski definition) is 3. The summed E-state index contributed by atoms with van der Waals surface area (Å²) in [6, 6.07) is -0.399. The van der Waals surface area contributed by atoms with Crippen LogP contribution >= 0.6 is 11.8 Å². The maximum absolute atomic E-state index is 13.0. The Morgan fingerprint density at radius 2 is 2.31 bits per heavy atom. The second-order valence-electron chi connectivity index (χ2n) is 7.86. The number of amides is 1. The van der Waals surface area contributed by atoms with Crippen molar-refractivity contribution in [1.82, 2.24) is 5.32 Å².